The molecule has 20 heavy (non-hydrogen) atoms. The first-order valence-corrected chi connectivity index (χ1v) is 6.94. The Kier molecular flexibility index (Phi) is 4.53. The second-order valence-corrected chi connectivity index (χ2v) is 5.61. The van der Waals surface area contributed by atoms with Gasteiger partial charge in [0.2, 0.25) is 5.91 Å². The van der Waals surface area contributed by atoms with E-state index in [9.17, 15) is 13.6 Å². The Balaban J connectivity index is 1.98. The lowest BCUT2D eigenvalue weighted by Gasteiger charge is -2.34. The maximum atomic E-state index is 13.4. The largest absolute Gasteiger partial charge is 0.347 e. The minimum atomic E-state index is -0.669. The van der Waals surface area contributed by atoms with Crippen molar-refractivity contribution in [2.24, 2.45) is 0 Å². The summed E-state index contributed by atoms with van der Waals surface area (Å²) in [6.45, 7) is 2.04. The molecule has 1 aromatic rings. The Bertz CT molecular complexity index is 519. The van der Waals surface area contributed by atoms with Gasteiger partial charge >= 0.3 is 0 Å². The predicted octanol–water partition coefficient (Wildman–Crippen LogP) is 3.82. The highest BCUT2D eigenvalue weighted by molar-refractivity contribution is 5.92. The van der Waals surface area contributed by atoms with Gasteiger partial charge in [-0.3, -0.25) is 4.79 Å². The molecule has 1 saturated carbocycles. The van der Waals surface area contributed by atoms with Crippen molar-refractivity contribution in [3.8, 4) is 0 Å². The van der Waals surface area contributed by atoms with Gasteiger partial charge in [0.05, 0.1) is 0 Å². The Morgan fingerprint density at radius 2 is 1.95 bits per heavy atom. The number of hydrogen-bond donors (Lipinski definition) is 1. The molecule has 1 aliphatic rings. The van der Waals surface area contributed by atoms with Gasteiger partial charge < -0.3 is 5.32 Å². The first kappa shape index (κ1) is 14.7. The monoisotopic (exact) mass is 279 g/mol. The highest BCUT2D eigenvalue weighted by atomic mass is 19.1. The molecule has 0 atom stereocenters. The fourth-order valence-corrected chi connectivity index (χ4v) is 2.60. The first-order valence-electron chi connectivity index (χ1n) is 6.94. The van der Waals surface area contributed by atoms with Gasteiger partial charge in [-0.25, -0.2) is 8.78 Å². The van der Waals surface area contributed by atoms with Crippen LogP contribution in [0.15, 0.2) is 24.3 Å². The van der Waals surface area contributed by atoms with Crippen molar-refractivity contribution in [2.45, 2.75) is 44.6 Å². The second-order valence-electron chi connectivity index (χ2n) is 5.61. The van der Waals surface area contributed by atoms with Crippen LogP contribution in [-0.2, 0) is 4.79 Å². The van der Waals surface area contributed by atoms with Crippen molar-refractivity contribution in [1.29, 1.82) is 0 Å². The molecule has 0 unspecified atom stereocenters. The van der Waals surface area contributed by atoms with E-state index in [0.717, 1.165) is 31.7 Å². The van der Waals surface area contributed by atoms with Gasteiger partial charge in [0.1, 0.15) is 11.6 Å². The Morgan fingerprint density at radius 1 is 1.25 bits per heavy atom. The van der Waals surface area contributed by atoms with Crippen molar-refractivity contribution in [3.63, 3.8) is 0 Å². The number of hydrogen-bond acceptors (Lipinski definition) is 1. The van der Waals surface area contributed by atoms with E-state index in [1.807, 2.05) is 6.92 Å². The maximum absolute atomic E-state index is 13.4. The van der Waals surface area contributed by atoms with E-state index in [1.54, 1.807) is 0 Å². The van der Waals surface area contributed by atoms with Gasteiger partial charge in [-0.1, -0.05) is 19.3 Å². The average molecular weight is 279 g/mol. The van der Waals surface area contributed by atoms with E-state index in [4.69, 9.17) is 0 Å². The highest BCUT2D eigenvalue weighted by Crippen LogP contribution is 2.27. The summed E-state index contributed by atoms with van der Waals surface area (Å²) in [5.41, 5.74) is 0.0384. The molecule has 0 aromatic heterocycles. The van der Waals surface area contributed by atoms with Crippen LogP contribution in [0.4, 0.5) is 8.78 Å². The summed E-state index contributed by atoms with van der Waals surface area (Å²) in [7, 11) is 0. The summed E-state index contributed by atoms with van der Waals surface area (Å²) in [5, 5.41) is 2.97. The van der Waals surface area contributed by atoms with Crippen LogP contribution in [0, 0.1) is 11.6 Å². The van der Waals surface area contributed by atoms with Crippen LogP contribution in [0.2, 0.25) is 0 Å². The van der Waals surface area contributed by atoms with Crippen LogP contribution >= 0.6 is 0 Å². The van der Waals surface area contributed by atoms with E-state index in [-0.39, 0.29) is 17.0 Å². The number of carbonyl (C=O) groups excluding carboxylic acids is 1. The molecule has 0 bridgehead atoms. The number of halogens is 2. The molecule has 0 heterocycles. The third kappa shape index (κ3) is 3.89. The van der Waals surface area contributed by atoms with E-state index in [1.165, 1.54) is 30.7 Å². The number of carbonyl (C=O) groups is 1. The quantitative estimate of drug-likeness (QED) is 0.837. The molecule has 0 saturated heterocycles. The molecule has 2 rings (SSSR count). The number of rotatable bonds is 3. The summed E-state index contributed by atoms with van der Waals surface area (Å²) in [6, 6.07) is 3.29. The standard InChI is InChI=1S/C16H19F2NO/c1-16(9-3-2-4-10-16)19-15(20)8-6-12-5-7-13(17)11-14(12)18/h5-8,11H,2-4,9-10H2,1H3,(H,19,20). The Labute approximate surface area is 117 Å². The second kappa shape index (κ2) is 6.16. The van der Waals surface area contributed by atoms with E-state index in [0.29, 0.717) is 0 Å². The maximum Gasteiger partial charge on any atom is 0.244 e. The normalized spacial score (nSPS) is 18.1. The summed E-state index contributed by atoms with van der Waals surface area (Å²) >= 11 is 0. The molecule has 108 valence electrons. The summed E-state index contributed by atoms with van der Waals surface area (Å²) in [5.74, 6) is -1.53. The van der Waals surface area contributed by atoms with Gasteiger partial charge in [0, 0.05) is 23.2 Å². The van der Waals surface area contributed by atoms with Gasteiger partial charge in [-0.05, 0) is 38.0 Å². The average Bonchev–Trinajstić information content (AvgIpc) is 2.38. The van der Waals surface area contributed by atoms with Crippen LogP contribution in [-0.4, -0.2) is 11.4 Å². The van der Waals surface area contributed by atoms with Crippen molar-refractivity contribution in [2.75, 3.05) is 0 Å². The van der Waals surface area contributed by atoms with E-state index >= 15 is 0 Å². The zero-order valence-electron chi connectivity index (χ0n) is 11.6. The highest BCUT2D eigenvalue weighted by Gasteiger charge is 2.27. The van der Waals surface area contributed by atoms with Crippen molar-refractivity contribution >= 4 is 12.0 Å². The topological polar surface area (TPSA) is 29.1 Å². The van der Waals surface area contributed by atoms with E-state index < -0.39 is 11.6 Å². The molecule has 2 nitrogen and oxygen atoms in total. The van der Waals surface area contributed by atoms with Crippen LogP contribution in [0.25, 0.3) is 6.08 Å². The molecule has 0 spiro atoms. The lowest BCUT2D eigenvalue weighted by atomic mass is 9.83. The van der Waals surface area contributed by atoms with Crippen molar-refractivity contribution in [1.82, 2.24) is 5.32 Å². The fourth-order valence-electron chi connectivity index (χ4n) is 2.60. The predicted molar refractivity (Wildman–Crippen MR) is 75.0 cm³/mol. The summed E-state index contributed by atoms with van der Waals surface area (Å²) in [4.78, 5) is 11.9. The van der Waals surface area contributed by atoms with Gasteiger partial charge in [0.25, 0.3) is 0 Å². The van der Waals surface area contributed by atoms with Crippen molar-refractivity contribution < 1.29 is 13.6 Å². The molecule has 0 radical (unpaired) electrons. The molecular formula is C16H19F2NO. The number of benzene rings is 1. The summed E-state index contributed by atoms with van der Waals surface area (Å²) in [6.07, 6.45) is 8.06. The molecule has 4 heteroatoms. The minimum Gasteiger partial charge on any atom is -0.347 e. The lowest BCUT2D eigenvalue weighted by Crippen LogP contribution is -2.46. The zero-order chi connectivity index (χ0) is 14.6. The lowest BCUT2D eigenvalue weighted by molar-refractivity contribution is -0.118. The van der Waals surface area contributed by atoms with Gasteiger partial charge in [0.15, 0.2) is 0 Å². The van der Waals surface area contributed by atoms with Crippen LogP contribution in [0.5, 0.6) is 0 Å². The number of amides is 1. The molecule has 0 aliphatic heterocycles. The Morgan fingerprint density at radius 3 is 2.60 bits per heavy atom. The third-order valence-corrected chi connectivity index (χ3v) is 3.76. The fraction of sp³-hybridized carbons (Fsp3) is 0.438. The van der Waals surface area contributed by atoms with Gasteiger partial charge in [-0.15, -0.1) is 0 Å². The minimum absolute atomic E-state index is 0.166. The molecule has 1 aromatic carbocycles. The third-order valence-electron chi connectivity index (χ3n) is 3.76. The first-order chi connectivity index (χ1) is 9.48. The van der Waals surface area contributed by atoms with E-state index in [2.05, 4.69) is 5.32 Å². The van der Waals surface area contributed by atoms with Crippen molar-refractivity contribution in [3.05, 3.63) is 41.5 Å². The molecular weight excluding hydrogens is 260 g/mol. The number of nitrogens with one attached hydrogen (secondary N) is 1. The van der Waals surface area contributed by atoms with Crippen LogP contribution in [0.1, 0.15) is 44.6 Å². The van der Waals surface area contributed by atoms with Crippen LogP contribution in [0.3, 0.4) is 0 Å². The zero-order valence-corrected chi connectivity index (χ0v) is 11.6. The SMILES string of the molecule is CC1(NC(=O)C=Cc2ccc(F)cc2F)CCCCC1. The molecule has 1 amide bonds. The Hall–Kier alpha value is -1.71. The van der Waals surface area contributed by atoms with Crippen LogP contribution < -0.4 is 5.32 Å². The summed E-state index contributed by atoms with van der Waals surface area (Å²) < 4.78 is 26.2. The molecule has 1 aliphatic carbocycles. The molecule has 1 N–H and O–H groups in total. The van der Waals surface area contributed by atoms with Gasteiger partial charge in [-0.2, -0.15) is 0 Å². The smallest absolute Gasteiger partial charge is 0.244 e. The molecule has 1 fully saturated rings.